The molecule has 0 spiro atoms. The summed E-state index contributed by atoms with van der Waals surface area (Å²) in [7, 11) is 1.68. The zero-order valence-corrected chi connectivity index (χ0v) is 15.5. The van der Waals surface area contributed by atoms with E-state index in [1.165, 1.54) is 6.07 Å². The summed E-state index contributed by atoms with van der Waals surface area (Å²) >= 11 is 0. The lowest BCUT2D eigenvalue weighted by Crippen LogP contribution is -2.36. The molecule has 0 aliphatic rings. The second-order valence-electron chi connectivity index (χ2n) is 4.79. The SMILES string of the molecule is CN=C(NCc1ccccc1)NCc1cccc(OC(F)F)c1.I. The maximum atomic E-state index is 12.2. The second kappa shape index (κ2) is 10.8. The fourth-order valence-electron chi connectivity index (χ4n) is 2.02. The van der Waals surface area contributed by atoms with Gasteiger partial charge in [0.2, 0.25) is 0 Å². The number of hydrogen-bond donors (Lipinski definition) is 2. The predicted molar refractivity (Wildman–Crippen MR) is 102 cm³/mol. The molecule has 4 nitrogen and oxygen atoms in total. The number of benzene rings is 2. The average molecular weight is 447 g/mol. The monoisotopic (exact) mass is 447 g/mol. The number of aliphatic imine (C=N–C) groups is 1. The zero-order valence-electron chi connectivity index (χ0n) is 13.2. The van der Waals surface area contributed by atoms with E-state index in [0.717, 1.165) is 11.1 Å². The number of nitrogens with one attached hydrogen (secondary N) is 2. The Morgan fingerprint density at radius 2 is 1.62 bits per heavy atom. The van der Waals surface area contributed by atoms with Crippen molar-refractivity contribution in [3.63, 3.8) is 0 Å². The summed E-state index contributed by atoms with van der Waals surface area (Å²) in [6, 6.07) is 16.5. The van der Waals surface area contributed by atoms with Crippen molar-refractivity contribution in [2.75, 3.05) is 7.05 Å². The number of alkyl halides is 2. The average Bonchev–Trinajstić information content (AvgIpc) is 2.56. The molecule has 24 heavy (non-hydrogen) atoms. The minimum atomic E-state index is -2.82. The molecule has 0 heterocycles. The van der Waals surface area contributed by atoms with Crippen LogP contribution < -0.4 is 15.4 Å². The molecule has 7 heteroatoms. The van der Waals surface area contributed by atoms with Crippen LogP contribution in [0.4, 0.5) is 8.78 Å². The van der Waals surface area contributed by atoms with Crippen LogP contribution >= 0.6 is 24.0 Å². The molecular formula is C17H20F2IN3O. The van der Waals surface area contributed by atoms with Gasteiger partial charge in [0, 0.05) is 20.1 Å². The summed E-state index contributed by atoms with van der Waals surface area (Å²) in [4.78, 5) is 4.13. The van der Waals surface area contributed by atoms with Crippen molar-refractivity contribution in [3.05, 3.63) is 65.7 Å². The van der Waals surface area contributed by atoms with Gasteiger partial charge in [-0.2, -0.15) is 8.78 Å². The number of ether oxygens (including phenoxy) is 1. The van der Waals surface area contributed by atoms with Crippen molar-refractivity contribution in [1.29, 1.82) is 0 Å². The molecule has 0 fully saturated rings. The molecule has 0 aliphatic carbocycles. The normalized spacial score (nSPS) is 10.9. The third kappa shape index (κ3) is 7.12. The van der Waals surface area contributed by atoms with E-state index >= 15 is 0 Å². The highest BCUT2D eigenvalue weighted by Crippen LogP contribution is 2.15. The highest BCUT2D eigenvalue weighted by molar-refractivity contribution is 14.0. The van der Waals surface area contributed by atoms with E-state index < -0.39 is 6.61 Å². The van der Waals surface area contributed by atoms with Crippen molar-refractivity contribution in [2.24, 2.45) is 4.99 Å². The van der Waals surface area contributed by atoms with Gasteiger partial charge in [0.1, 0.15) is 5.75 Å². The van der Waals surface area contributed by atoms with E-state index in [1.807, 2.05) is 36.4 Å². The number of halogens is 3. The third-order valence-electron chi connectivity index (χ3n) is 3.11. The Bertz CT molecular complexity index is 639. The van der Waals surface area contributed by atoms with E-state index in [-0.39, 0.29) is 29.7 Å². The Labute approximate surface area is 157 Å². The molecule has 130 valence electrons. The maximum absolute atomic E-state index is 12.2. The molecule has 0 amide bonds. The summed E-state index contributed by atoms with van der Waals surface area (Å²) in [6.07, 6.45) is 0. The summed E-state index contributed by atoms with van der Waals surface area (Å²) < 4.78 is 28.8. The van der Waals surface area contributed by atoms with Gasteiger partial charge < -0.3 is 15.4 Å². The molecule has 0 radical (unpaired) electrons. The van der Waals surface area contributed by atoms with E-state index in [4.69, 9.17) is 0 Å². The van der Waals surface area contributed by atoms with E-state index in [1.54, 1.807) is 19.2 Å². The topological polar surface area (TPSA) is 45.7 Å². The molecule has 0 bridgehead atoms. The first-order chi connectivity index (χ1) is 11.2. The molecule has 0 unspecified atom stereocenters. The standard InChI is InChI=1S/C17H19F2N3O.HI/c1-20-17(21-11-13-6-3-2-4-7-13)22-12-14-8-5-9-15(10-14)23-16(18)19;/h2-10,16H,11-12H2,1H3,(H2,20,21,22);1H. The van der Waals surface area contributed by atoms with Gasteiger partial charge in [-0.05, 0) is 23.3 Å². The zero-order chi connectivity index (χ0) is 16.5. The first-order valence-corrected chi connectivity index (χ1v) is 7.19. The van der Waals surface area contributed by atoms with E-state index in [0.29, 0.717) is 19.0 Å². The highest BCUT2D eigenvalue weighted by Gasteiger charge is 2.05. The molecule has 0 aromatic heterocycles. The quantitative estimate of drug-likeness (QED) is 0.403. The molecule has 0 atom stereocenters. The predicted octanol–water partition coefficient (Wildman–Crippen LogP) is 3.77. The third-order valence-corrected chi connectivity index (χ3v) is 3.11. The lowest BCUT2D eigenvalue weighted by Gasteiger charge is -2.12. The fourth-order valence-corrected chi connectivity index (χ4v) is 2.02. The van der Waals surface area contributed by atoms with Gasteiger partial charge in [-0.15, -0.1) is 24.0 Å². The molecule has 0 saturated heterocycles. The summed E-state index contributed by atoms with van der Waals surface area (Å²) in [5, 5.41) is 6.32. The molecule has 0 aliphatic heterocycles. The number of rotatable bonds is 6. The molecule has 2 aromatic carbocycles. The minimum Gasteiger partial charge on any atom is -0.435 e. The Morgan fingerprint density at radius 1 is 1.00 bits per heavy atom. The van der Waals surface area contributed by atoms with Gasteiger partial charge in [-0.1, -0.05) is 42.5 Å². The van der Waals surface area contributed by atoms with Crippen molar-refractivity contribution in [2.45, 2.75) is 19.7 Å². The Balaban J connectivity index is 0.00000288. The Hall–Kier alpha value is -1.90. The van der Waals surface area contributed by atoms with Crippen LogP contribution in [0.3, 0.4) is 0 Å². The number of guanidine groups is 1. The van der Waals surface area contributed by atoms with E-state index in [2.05, 4.69) is 20.4 Å². The van der Waals surface area contributed by atoms with Gasteiger partial charge in [0.05, 0.1) is 0 Å². The first kappa shape index (κ1) is 20.1. The van der Waals surface area contributed by atoms with Gasteiger partial charge in [0.15, 0.2) is 5.96 Å². The van der Waals surface area contributed by atoms with Crippen LogP contribution in [-0.2, 0) is 13.1 Å². The van der Waals surface area contributed by atoms with Crippen LogP contribution in [0.25, 0.3) is 0 Å². The van der Waals surface area contributed by atoms with Crippen LogP contribution in [0, 0.1) is 0 Å². The lowest BCUT2D eigenvalue weighted by molar-refractivity contribution is -0.0498. The van der Waals surface area contributed by atoms with Gasteiger partial charge in [-0.3, -0.25) is 4.99 Å². The summed E-state index contributed by atoms with van der Waals surface area (Å²) in [5.74, 6) is 0.778. The number of nitrogens with zero attached hydrogens (tertiary/aromatic N) is 1. The molecule has 2 aromatic rings. The number of hydrogen-bond acceptors (Lipinski definition) is 2. The van der Waals surface area contributed by atoms with Crippen LogP contribution in [0.15, 0.2) is 59.6 Å². The maximum Gasteiger partial charge on any atom is 0.387 e. The van der Waals surface area contributed by atoms with Crippen molar-refractivity contribution >= 4 is 29.9 Å². The van der Waals surface area contributed by atoms with E-state index in [9.17, 15) is 8.78 Å². The fraction of sp³-hybridized carbons (Fsp3) is 0.235. The minimum absolute atomic E-state index is 0. The smallest absolute Gasteiger partial charge is 0.387 e. The highest BCUT2D eigenvalue weighted by atomic mass is 127. The van der Waals surface area contributed by atoms with Gasteiger partial charge in [-0.25, -0.2) is 0 Å². The summed E-state index contributed by atoms with van der Waals surface area (Å²) in [5.41, 5.74) is 1.97. The molecule has 0 saturated carbocycles. The van der Waals surface area contributed by atoms with Crippen LogP contribution in [0.5, 0.6) is 5.75 Å². The molecular weight excluding hydrogens is 427 g/mol. The van der Waals surface area contributed by atoms with Crippen LogP contribution in [-0.4, -0.2) is 19.6 Å². The Kier molecular flexibility index (Phi) is 9.06. The van der Waals surface area contributed by atoms with Crippen molar-refractivity contribution in [3.8, 4) is 5.75 Å². The molecule has 2 rings (SSSR count). The largest absolute Gasteiger partial charge is 0.435 e. The lowest BCUT2D eigenvalue weighted by atomic mass is 10.2. The molecule has 2 N–H and O–H groups in total. The van der Waals surface area contributed by atoms with Crippen molar-refractivity contribution < 1.29 is 13.5 Å². The van der Waals surface area contributed by atoms with Gasteiger partial charge in [0.25, 0.3) is 0 Å². The van der Waals surface area contributed by atoms with Gasteiger partial charge >= 0.3 is 6.61 Å². The van der Waals surface area contributed by atoms with Crippen LogP contribution in [0.1, 0.15) is 11.1 Å². The summed E-state index contributed by atoms with van der Waals surface area (Å²) in [6.45, 7) is -1.72. The van der Waals surface area contributed by atoms with Crippen LogP contribution in [0.2, 0.25) is 0 Å². The Morgan fingerprint density at radius 3 is 2.25 bits per heavy atom. The first-order valence-electron chi connectivity index (χ1n) is 7.19. The van der Waals surface area contributed by atoms with Crippen molar-refractivity contribution in [1.82, 2.24) is 10.6 Å². The second-order valence-corrected chi connectivity index (χ2v) is 4.79.